The van der Waals surface area contributed by atoms with Crippen LogP contribution >= 0.6 is 0 Å². The molecule has 0 amide bonds. The number of rotatable bonds is 22. The number of hydrogen-bond acceptors (Lipinski definition) is 19. The van der Waals surface area contributed by atoms with Gasteiger partial charge in [-0.05, 0) is 96.9 Å². The van der Waals surface area contributed by atoms with Crippen molar-refractivity contribution in [2.24, 2.45) is 46.4 Å². The SMILES string of the molecule is CC(C)C[Si]12O[Si]3(CCCOC(=O)CCC(=O)Oc4ccc5ccc6c(c5c4)N=CC4(O6)N(C)c5ccccc5C4(C)C)O[Si]4(CC(C)C)O[Si](CC(C)C)(O1)O[Si]1(CC(C)C)O[Si](CC(C)C)(O2)O[Si](CC(C)C)(O3)O[Si](CC(C)C)(O4)O1. The molecular weight excluding hydrogens is 1210 g/mol. The number of aliphatic imine (C=N–C) groups is 1. The molecule has 11 rings (SSSR count). The van der Waals surface area contributed by atoms with Crippen LogP contribution in [-0.4, -0.2) is 108 Å². The minimum absolute atomic E-state index is 0.00353. The Morgan fingerprint density at radius 3 is 1.33 bits per heavy atom. The Bertz CT molecular complexity index is 2820. The Morgan fingerprint density at radius 1 is 0.524 bits per heavy atom. The first-order valence-corrected chi connectivity index (χ1v) is 46.2. The van der Waals surface area contributed by atoms with E-state index >= 15 is 0 Å². The summed E-state index contributed by atoms with van der Waals surface area (Å²) in [7, 11) is -30.9. The van der Waals surface area contributed by atoms with Crippen LogP contribution in [-0.2, 0) is 69.1 Å². The van der Waals surface area contributed by atoms with Crippen LogP contribution in [0.3, 0.4) is 0 Å². The van der Waals surface area contributed by atoms with Crippen LogP contribution in [0.25, 0.3) is 10.8 Å². The van der Waals surface area contributed by atoms with Crippen LogP contribution in [0, 0.1) is 41.4 Å². The Kier molecular flexibility index (Phi) is 18.1. The minimum atomic E-state index is -4.28. The fourth-order valence-corrected chi connectivity index (χ4v) is 64.8. The summed E-state index contributed by atoms with van der Waals surface area (Å²) in [5.41, 5.74) is 1.64. The van der Waals surface area contributed by atoms with Crippen molar-refractivity contribution in [3.05, 3.63) is 60.2 Å². The largest absolute Gasteiger partial charge is 0.479 e. The summed E-state index contributed by atoms with van der Waals surface area (Å²) in [4.78, 5) is 34.4. The summed E-state index contributed by atoms with van der Waals surface area (Å²) in [6, 6.07) is 20.5. The third-order valence-electron chi connectivity index (χ3n) is 15.9. The lowest BCUT2D eigenvalue weighted by atomic mass is 9.77. The maximum Gasteiger partial charge on any atom is 0.479 e. The number of carbonyl (C=O) groups is 2. The number of para-hydroxylation sites is 1. The van der Waals surface area contributed by atoms with Crippen LogP contribution in [0.5, 0.6) is 11.5 Å². The van der Waals surface area contributed by atoms with Crippen molar-refractivity contribution >= 4 is 111 Å². The first-order valence-electron chi connectivity index (χ1n) is 30.7. The molecule has 8 aliphatic rings. The number of likely N-dealkylation sites (N-methyl/N-ethyl adjacent to an activating group) is 1. The van der Waals surface area contributed by atoms with Crippen LogP contribution in [0.4, 0.5) is 11.4 Å². The van der Waals surface area contributed by atoms with E-state index in [0.29, 0.717) is 59.5 Å². The fourth-order valence-electron chi connectivity index (χ4n) is 13.2. The van der Waals surface area contributed by atoms with E-state index in [2.05, 4.69) is 128 Å². The van der Waals surface area contributed by atoms with Gasteiger partial charge in [-0.1, -0.05) is 127 Å². The van der Waals surface area contributed by atoms with Crippen LogP contribution in [0.1, 0.15) is 136 Å². The van der Waals surface area contributed by atoms with Gasteiger partial charge in [0.2, 0.25) is 5.72 Å². The first kappa shape index (κ1) is 64.4. The summed E-state index contributed by atoms with van der Waals surface area (Å²) in [5.74, 6) is -0.0143. The molecule has 464 valence electrons. The van der Waals surface area contributed by atoms with Gasteiger partial charge >= 0.3 is 82.4 Å². The van der Waals surface area contributed by atoms with Gasteiger partial charge in [-0.3, -0.25) is 14.6 Å². The van der Waals surface area contributed by atoms with Crippen molar-refractivity contribution in [1.82, 2.24) is 0 Å². The number of nitrogens with zero attached hydrogens (tertiary/aromatic N) is 2. The van der Waals surface area contributed by atoms with Crippen molar-refractivity contribution in [3.8, 4) is 11.5 Å². The van der Waals surface area contributed by atoms with Gasteiger partial charge < -0.3 is 68.5 Å². The Labute approximate surface area is 507 Å². The van der Waals surface area contributed by atoms with E-state index in [1.54, 1.807) is 12.1 Å². The molecule has 6 fully saturated rings. The van der Waals surface area contributed by atoms with E-state index in [1.807, 2.05) is 43.6 Å². The monoisotopic (exact) mass is 1300 g/mol. The van der Waals surface area contributed by atoms with E-state index in [-0.39, 0.29) is 73.3 Å². The van der Waals surface area contributed by atoms with Crippen molar-refractivity contribution in [2.45, 2.75) is 190 Å². The normalized spacial score (nSPS) is 33.7. The quantitative estimate of drug-likeness (QED) is 0.0399. The topological polar surface area (TPSA) is 188 Å². The second-order valence-corrected chi connectivity index (χ2v) is 51.8. The zero-order valence-corrected chi connectivity index (χ0v) is 60.6. The zero-order valence-electron chi connectivity index (χ0n) is 52.6. The second kappa shape index (κ2) is 23.6. The van der Waals surface area contributed by atoms with Gasteiger partial charge in [0.25, 0.3) is 0 Å². The summed E-state index contributed by atoms with van der Waals surface area (Å²) in [6.45, 7) is 34.1. The smallest absolute Gasteiger partial charge is 0.466 e. The number of benzene rings is 3. The molecule has 8 aliphatic heterocycles. The van der Waals surface area contributed by atoms with Gasteiger partial charge in [0.05, 0.1) is 31.1 Å². The predicted molar refractivity (Wildman–Crippen MR) is 335 cm³/mol. The summed E-state index contributed by atoms with van der Waals surface area (Å²) >= 11 is 0. The Balaban J connectivity index is 0.923. The highest BCUT2D eigenvalue weighted by atomic mass is 28.6. The molecule has 3 aromatic rings. The molecule has 0 saturated carbocycles. The number of esters is 2. The molecule has 19 nitrogen and oxygen atoms in total. The first-order chi connectivity index (χ1) is 39.3. The lowest BCUT2D eigenvalue weighted by Gasteiger charge is -2.64. The third kappa shape index (κ3) is 12.9. The molecule has 1 spiro atoms. The average molecular weight is 1300 g/mol. The highest BCUT2D eigenvalue weighted by Crippen LogP contribution is 2.58. The molecule has 6 saturated heterocycles. The standard InChI is InChI=1S/C57H92N2O17Si8/c1-40(2)32-78-65-77(30-20-29-62-53(60)27-28-54(61)63-48-25-23-47-24-26-52-55(49(47)31-48)58-39-57(64-52)56(15,16)50-21-18-19-22-51(50)59(57)17)66-79(33-41(3)4)70-81(68-78,35-43(7)8)74-84(38-46(13)14)75-82(69-78,36-44(9)10)71-80(67-77,34-42(5)6)73-83(72-79,76-84)37-45(11)12/h18-19,21-26,31,39-46H,20,27-30,32-38H2,1-17H3. The molecule has 27 heteroatoms. The van der Waals surface area contributed by atoms with E-state index in [1.165, 1.54) is 5.56 Å². The number of carbonyl (C=O) groups excluding carboxylic acids is 2. The number of anilines is 1. The van der Waals surface area contributed by atoms with Crippen LogP contribution in [0.2, 0.25) is 48.4 Å². The van der Waals surface area contributed by atoms with E-state index in [0.717, 1.165) is 16.5 Å². The Hall–Kier alpha value is -2.61. The molecule has 1 unspecified atom stereocenters. The van der Waals surface area contributed by atoms with Gasteiger partial charge in [0.1, 0.15) is 17.2 Å². The molecule has 8 bridgehead atoms. The van der Waals surface area contributed by atoms with Crippen LogP contribution in [0.15, 0.2) is 59.6 Å². The summed E-state index contributed by atoms with van der Waals surface area (Å²) in [6.07, 6.45) is 1.71. The number of ether oxygens (including phenoxy) is 3. The number of fused-ring (bicyclic) bond motifs is 4. The third-order valence-corrected chi connectivity index (χ3v) is 55.9. The molecule has 8 heterocycles. The highest BCUT2D eigenvalue weighted by Gasteiger charge is 2.83. The molecule has 0 N–H and O–H groups in total. The van der Waals surface area contributed by atoms with Gasteiger partial charge in [-0.2, -0.15) is 0 Å². The van der Waals surface area contributed by atoms with Gasteiger partial charge in [-0.25, -0.2) is 0 Å². The highest BCUT2D eigenvalue weighted by molar-refractivity contribution is 7.03. The zero-order chi connectivity index (χ0) is 60.7. The van der Waals surface area contributed by atoms with Gasteiger partial charge in [0, 0.05) is 66.5 Å². The van der Waals surface area contributed by atoms with E-state index in [4.69, 9.17) is 68.6 Å². The van der Waals surface area contributed by atoms with Crippen molar-refractivity contribution in [1.29, 1.82) is 0 Å². The molecule has 1 atom stereocenters. The van der Waals surface area contributed by atoms with Gasteiger partial charge in [0.15, 0.2) is 0 Å². The Morgan fingerprint density at radius 2 is 0.917 bits per heavy atom. The lowest BCUT2D eigenvalue weighted by molar-refractivity contribution is -0.147. The maximum atomic E-state index is 13.7. The number of hydrogen-bond donors (Lipinski definition) is 0. The van der Waals surface area contributed by atoms with Crippen LogP contribution < -0.4 is 14.4 Å². The summed E-state index contributed by atoms with van der Waals surface area (Å²) in [5, 5.41) is 1.67. The van der Waals surface area contributed by atoms with Gasteiger partial charge in [-0.15, -0.1) is 0 Å². The summed E-state index contributed by atoms with van der Waals surface area (Å²) < 4.78 is 113. The van der Waals surface area contributed by atoms with Crippen molar-refractivity contribution < 1.29 is 73.2 Å². The molecular formula is C57H92N2O17Si8. The molecule has 0 aromatic heterocycles. The predicted octanol–water partition coefficient (Wildman–Crippen LogP) is 13.0. The molecule has 3 aromatic carbocycles. The van der Waals surface area contributed by atoms with E-state index in [9.17, 15) is 9.59 Å². The maximum absolute atomic E-state index is 13.7. The fraction of sp³-hybridized carbons (Fsp3) is 0.667. The van der Waals surface area contributed by atoms with Crippen molar-refractivity contribution in [3.63, 3.8) is 0 Å². The second-order valence-electron chi connectivity index (χ2n) is 27.7. The average Bonchev–Trinajstić information content (AvgIpc) is 0.956. The van der Waals surface area contributed by atoms with Crippen molar-refractivity contribution in [2.75, 3.05) is 18.6 Å². The lowest BCUT2D eigenvalue weighted by Crippen LogP contribution is -2.88. The molecule has 84 heavy (non-hydrogen) atoms. The minimum Gasteiger partial charge on any atom is -0.466 e. The van der Waals surface area contributed by atoms with E-state index < -0.39 is 93.5 Å². The molecule has 0 radical (unpaired) electrons. The molecule has 0 aliphatic carbocycles.